The molecule has 0 aromatic heterocycles. The summed E-state index contributed by atoms with van der Waals surface area (Å²) in [5, 5.41) is 0. The predicted octanol–water partition coefficient (Wildman–Crippen LogP) is 3.03. The molecule has 0 radical (unpaired) electrons. The van der Waals surface area contributed by atoms with E-state index < -0.39 is 3.79 Å². The van der Waals surface area contributed by atoms with E-state index >= 15 is 0 Å². The fourth-order valence-corrected chi connectivity index (χ4v) is 0.642. The second-order valence-electron chi connectivity index (χ2n) is 2.52. The van der Waals surface area contributed by atoms with Gasteiger partial charge in [0.1, 0.15) is 0 Å². The molecule has 0 saturated carbocycles. The SMILES string of the molecule is CC(C)COCC(Cl)(Cl)Cl. The van der Waals surface area contributed by atoms with E-state index in [9.17, 15) is 0 Å². The molecule has 0 aromatic carbocycles. The van der Waals surface area contributed by atoms with Crippen LogP contribution in [-0.4, -0.2) is 17.0 Å². The van der Waals surface area contributed by atoms with E-state index in [1.54, 1.807) is 0 Å². The maximum Gasteiger partial charge on any atom is 0.213 e. The van der Waals surface area contributed by atoms with Gasteiger partial charge in [0.05, 0.1) is 6.61 Å². The Hall–Kier alpha value is 0.830. The third kappa shape index (κ3) is 8.83. The maximum atomic E-state index is 5.42. The van der Waals surface area contributed by atoms with Gasteiger partial charge in [-0.3, -0.25) is 0 Å². The van der Waals surface area contributed by atoms with Crippen molar-refractivity contribution in [3.05, 3.63) is 0 Å². The van der Waals surface area contributed by atoms with Gasteiger partial charge in [-0.15, -0.1) is 0 Å². The molecule has 0 heterocycles. The van der Waals surface area contributed by atoms with Gasteiger partial charge in [-0.05, 0) is 5.92 Å². The van der Waals surface area contributed by atoms with Crippen molar-refractivity contribution >= 4 is 34.8 Å². The quantitative estimate of drug-likeness (QED) is 0.644. The summed E-state index contributed by atoms with van der Waals surface area (Å²) < 4.78 is 3.79. The summed E-state index contributed by atoms with van der Waals surface area (Å²) in [4.78, 5) is 0. The van der Waals surface area contributed by atoms with Gasteiger partial charge in [-0.1, -0.05) is 48.7 Å². The van der Waals surface area contributed by atoms with Crippen molar-refractivity contribution in [3.63, 3.8) is 0 Å². The number of hydrogen-bond acceptors (Lipinski definition) is 1. The van der Waals surface area contributed by atoms with Crippen molar-refractivity contribution in [1.82, 2.24) is 0 Å². The fraction of sp³-hybridized carbons (Fsp3) is 1.00. The summed E-state index contributed by atoms with van der Waals surface area (Å²) in [5.74, 6) is 0.479. The molecule has 0 aliphatic carbocycles. The van der Waals surface area contributed by atoms with Crippen molar-refractivity contribution in [2.24, 2.45) is 5.92 Å². The molecule has 0 rings (SSSR count). The molecule has 4 heteroatoms. The van der Waals surface area contributed by atoms with Crippen molar-refractivity contribution in [2.45, 2.75) is 17.6 Å². The Kier molecular flexibility index (Phi) is 5.04. The second kappa shape index (κ2) is 4.66. The Balaban J connectivity index is 3.21. The van der Waals surface area contributed by atoms with E-state index in [1.165, 1.54) is 0 Å². The number of ether oxygens (including phenoxy) is 1. The zero-order valence-electron chi connectivity index (χ0n) is 6.03. The molecule has 0 aliphatic rings. The summed E-state index contributed by atoms with van der Waals surface area (Å²) in [5.41, 5.74) is 0. The largest absolute Gasteiger partial charge is 0.377 e. The standard InChI is InChI=1S/C6H11Cl3O/c1-5(2)3-10-4-6(7,8)9/h5H,3-4H2,1-2H3. The first-order valence-electron chi connectivity index (χ1n) is 3.06. The Morgan fingerprint density at radius 3 is 2.10 bits per heavy atom. The molecule has 62 valence electrons. The predicted molar refractivity (Wildman–Crippen MR) is 45.9 cm³/mol. The average molecular weight is 206 g/mol. The zero-order chi connectivity index (χ0) is 8.20. The average Bonchev–Trinajstić information content (AvgIpc) is 1.59. The van der Waals surface area contributed by atoms with Crippen LogP contribution in [0.2, 0.25) is 0 Å². The van der Waals surface area contributed by atoms with E-state index in [1.807, 2.05) is 13.8 Å². The van der Waals surface area contributed by atoms with Gasteiger partial charge in [0.25, 0.3) is 0 Å². The molecule has 0 N–H and O–H groups in total. The molecule has 0 amide bonds. The van der Waals surface area contributed by atoms with Gasteiger partial charge >= 0.3 is 0 Å². The minimum Gasteiger partial charge on any atom is -0.377 e. The minimum atomic E-state index is -1.27. The van der Waals surface area contributed by atoms with Crippen LogP contribution in [0.15, 0.2) is 0 Å². The van der Waals surface area contributed by atoms with Crippen LogP contribution in [0.4, 0.5) is 0 Å². The normalized spacial score (nSPS) is 12.6. The van der Waals surface area contributed by atoms with Gasteiger partial charge in [0.2, 0.25) is 3.79 Å². The summed E-state index contributed by atoms with van der Waals surface area (Å²) in [6.45, 7) is 4.88. The van der Waals surface area contributed by atoms with E-state index in [0.717, 1.165) is 0 Å². The topological polar surface area (TPSA) is 9.23 Å². The fourth-order valence-electron chi connectivity index (χ4n) is 0.410. The Morgan fingerprint density at radius 2 is 1.80 bits per heavy atom. The van der Waals surface area contributed by atoms with E-state index in [4.69, 9.17) is 39.5 Å². The third-order valence-electron chi connectivity index (χ3n) is 0.717. The van der Waals surface area contributed by atoms with Crippen molar-refractivity contribution in [1.29, 1.82) is 0 Å². The van der Waals surface area contributed by atoms with Crippen LogP contribution in [0.1, 0.15) is 13.8 Å². The summed E-state index contributed by atoms with van der Waals surface area (Å²) in [6.07, 6.45) is 0. The third-order valence-corrected chi connectivity index (χ3v) is 1.04. The van der Waals surface area contributed by atoms with Gasteiger partial charge in [0.15, 0.2) is 0 Å². The van der Waals surface area contributed by atoms with Crippen molar-refractivity contribution in [2.75, 3.05) is 13.2 Å². The van der Waals surface area contributed by atoms with Crippen LogP contribution >= 0.6 is 34.8 Å². The van der Waals surface area contributed by atoms with Gasteiger partial charge in [-0.25, -0.2) is 0 Å². The van der Waals surface area contributed by atoms with Crippen molar-refractivity contribution in [3.8, 4) is 0 Å². The molecule has 0 spiro atoms. The highest BCUT2D eigenvalue weighted by Gasteiger charge is 2.19. The lowest BCUT2D eigenvalue weighted by Gasteiger charge is -2.12. The second-order valence-corrected chi connectivity index (χ2v) is 5.04. The molecule has 10 heavy (non-hydrogen) atoms. The lowest BCUT2D eigenvalue weighted by molar-refractivity contribution is 0.114. The molecular formula is C6H11Cl3O. The monoisotopic (exact) mass is 204 g/mol. The van der Waals surface area contributed by atoms with Crippen LogP contribution in [0.3, 0.4) is 0 Å². The first-order valence-corrected chi connectivity index (χ1v) is 4.19. The highest BCUT2D eigenvalue weighted by molar-refractivity contribution is 6.67. The van der Waals surface area contributed by atoms with Crippen LogP contribution in [0.5, 0.6) is 0 Å². The molecule has 0 bridgehead atoms. The summed E-state index contributed by atoms with van der Waals surface area (Å²) in [6, 6.07) is 0. The highest BCUT2D eigenvalue weighted by Crippen LogP contribution is 2.25. The minimum absolute atomic E-state index is 0.163. The molecule has 1 nitrogen and oxygen atoms in total. The van der Waals surface area contributed by atoms with Gasteiger partial charge in [-0.2, -0.15) is 0 Å². The lowest BCUT2D eigenvalue weighted by Crippen LogP contribution is -2.15. The lowest BCUT2D eigenvalue weighted by atomic mass is 10.2. The Labute approximate surface area is 76.6 Å². The van der Waals surface area contributed by atoms with E-state index in [0.29, 0.717) is 12.5 Å². The highest BCUT2D eigenvalue weighted by atomic mass is 35.6. The molecule has 0 saturated heterocycles. The maximum absolute atomic E-state index is 5.42. The molecule has 0 aliphatic heterocycles. The van der Waals surface area contributed by atoms with E-state index in [2.05, 4.69) is 0 Å². The van der Waals surface area contributed by atoms with Crippen LogP contribution < -0.4 is 0 Å². The van der Waals surface area contributed by atoms with Crippen LogP contribution in [0, 0.1) is 5.92 Å². The Bertz CT molecular complexity index is 87.5. The smallest absolute Gasteiger partial charge is 0.213 e. The molecular weight excluding hydrogens is 194 g/mol. The number of hydrogen-bond donors (Lipinski definition) is 0. The summed E-state index contributed by atoms with van der Waals surface area (Å²) >= 11 is 16.3. The van der Waals surface area contributed by atoms with E-state index in [-0.39, 0.29) is 6.61 Å². The molecule has 0 atom stereocenters. The number of rotatable bonds is 3. The summed E-state index contributed by atoms with van der Waals surface area (Å²) in [7, 11) is 0. The molecule has 0 fully saturated rings. The van der Waals surface area contributed by atoms with Crippen LogP contribution in [-0.2, 0) is 4.74 Å². The number of halogens is 3. The Morgan fingerprint density at radius 1 is 1.30 bits per heavy atom. The van der Waals surface area contributed by atoms with Crippen molar-refractivity contribution < 1.29 is 4.74 Å². The molecule has 0 aromatic rings. The zero-order valence-corrected chi connectivity index (χ0v) is 8.30. The van der Waals surface area contributed by atoms with Crippen LogP contribution in [0.25, 0.3) is 0 Å². The van der Waals surface area contributed by atoms with Gasteiger partial charge in [0, 0.05) is 6.61 Å². The van der Waals surface area contributed by atoms with Gasteiger partial charge < -0.3 is 4.74 Å². The first-order chi connectivity index (χ1) is 4.42. The first kappa shape index (κ1) is 10.8. The molecule has 0 unspecified atom stereocenters. The number of alkyl halides is 3.